The maximum atomic E-state index is 13.0. The fourth-order valence-electron chi connectivity index (χ4n) is 4.52. The summed E-state index contributed by atoms with van der Waals surface area (Å²) in [6.07, 6.45) is 10.1. The van der Waals surface area contributed by atoms with Crippen LogP contribution in [0.25, 0.3) is 17.2 Å². The highest BCUT2D eigenvalue weighted by molar-refractivity contribution is 7.10. The van der Waals surface area contributed by atoms with Gasteiger partial charge in [-0.1, -0.05) is 60.2 Å². The number of pyridine rings is 1. The van der Waals surface area contributed by atoms with E-state index in [1.807, 2.05) is 54.2 Å². The molecule has 1 N–H and O–H groups in total. The van der Waals surface area contributed by atoms with Crippen LogP contribution in [0.4, 0.5) is 5.69 Å². The number of para-hydroxylation sites is 1. The number of aromatic nitrogens is 2. The lowest BCUT2D eigenvalue weighted by Crippen LogP contribution is -2.33. The second kappa shape index (κ2) is 11.4. The number of piperidine rings is 1. The Bertz CT molecular complexity index is 1320. The minimum absolute atomic E-state index is 0.157. The normalized spacial score (nSPS) is 14.8. The van der Waals surface area contributed by atoms with E-state index in [0.29, 0.717) is 11.6 Å². The molecule has 0 aliphatic carbocycles. The zero-order valence-corrected chi connectivity index (χ0v) is 21.2. The van der Waals surface area contributed by atoms with Gasteiger partial charge in [-0.3, -0.25) is 14.7 Å². The van der Waals surface area contributed by atoms with Gasteiger partial charge in [0.25, 0.3) is 5.91 Å². The Balaban J connectivity index is 1.17. The van der Waals surface area contributed by atoms with Crippen LogP contribution in [-0.4, -0.2) is 40.4 Å². The van der Waals surface area contributed by atoms with Crippen LogP contribution in [0, 0.1) is 6.92 Å². The van der Waals surface area contributed by atoms with Crippen LogP contribution in [-0.2, 0) is 0 Å². The Kier molecular flexibility index (Phi) is 7.64. The molecule has 1 saturated heterocycles. The maximum Gasteiger partial charge on any atom is 0.275 e. The largest absolute Gasteiger partial charge is 0.320 e. The third-order valence-electron chi connectivity index (χ3n) is 6.61. The molecule has 182 valence electrons. The molecule has 3 heterocycles. The van der Waals surface area contributed by atoms with Gasteiger partial charge in [-0.25, -0.2) is 4.98 Å². The lowest BCUT2D eigenvalue weighted by Gasteiger charge is -2.30. The van der Waals surface area contributed by atoms with Crippen molar-refractivity contribution in [2.24, 2.45) is 0 Å². The number of amides is 1. The van der Waals surface area contributed by atoms with Crippen LogP contribution in [0.2, 0.25) is 0 Å². The topological polar surface area (TPSA) is 58.1 Å². The summed E-state index contributed by atoms with van der Waals surface area (Å²) in [5.41, 5.74) is 5.77. The summed E-state index contributed by atoms with van der Waals surface area (Å²) in [5.74, 6) is 0.257. The van der Waals surface area contributed by atoms with Crippen molar-refractivity contribution in [3.63, 3.8) is 0 Å². The molecule has 0 saturated carbocycles. The zero-order valence-electron chi connectivity index (χ0n) is 20.4. The van der Waals surface area contributed by atoms with E-state index >= 15 is 0 Å². The van der Waals surface area contributed by atoms with Crippen molar-refractivity contribution < 1.29 is 4.79 Å². The van der Waals surface area contributed by atoms with Gasteiger partial charge < -0.3 is 5.32 Å². The van der Waals surface area contributed by atoms with Crippen LogP contribution in [0.15, 0.2) is 84.5 Å². The number of nitrogens with zero attached hydrogens (tertiary/aromatic N) is 3. The second-order valence-corrected chi connectivity index (χ2v) is 10.1. The molecule has 1 aliphatic rings. The standard InChI is InChI=1S/C30H30N4OS/c1-22-8-10-24(11-9-22)26-6-2-3-7-27(26)32-29(35)28-21-36-30(33-28)25-14-19-34(20-15-25)18-4-5-23-12-16-31-17-13-23/h2-13,16-17,21,25H,14-15,18-20H2,1H3,(H,32,35)/b5-4-. The van der Waals surface area contributed by atoms with E-state index in [2.05, 4.69) is 58.5 Å². The highest BCUT2D eigenvalue weighted by atomic mass is 32.1. The number of anilines is 1. The molecule has 1 aliphatic heterocycles. The molecule has 1 amide bonds. The third kappa shape index (κ3) is 5.96. The second-order valence-electron chi connectivity index (χ2n) is 9.19. The molecule has 0 atom stereocenters. The Labute approximate surface area is 216 Å². The smallest absolute Gasteiger partial charge is 0.275 e. The molecule has 0 unspecified atom stereocenters. The van der Waals surface area contributed by atoms with E-state index in [9.17, 15) is 4.79 Å². The molecule has 4 aromatic rings. The van der Waals surface area contributed by atoms with Crippen molar-refractivity contribution in [2.75, 3.05) is 25.0 Å². The van der Waals surface area contributed by atoms with Gasteiger partial charge in [-0.05, 0) is 62.2 Å². The van der Waals surface area contributed by atoms with Gasteiger partial charge in [-0.15, -0.1) is 11.3 Å². The molecular formula is C30H30N4OS. The van der Waals surface area contributed by atoms with E-state index in [4.69, 9.17) is 4.98 Å². The minimum Gasteiger partial charge on any atom is -0.320 e. The highest BCUT2D eigenvalue weighted by Gasteiger charge is 2.23. The predicted octanol–water partition coefficient (Wildman–Crippen LogP) is 6.66. The first-order valence-electron chi connectivity index (χ1n) is 12.4. The lowest BCUT2D eigenvalue weighted by molar-refractivity contribution is 0.102. The number of benzene rings is 2. The average molecular weight is 495 g/mol. The van der Waals surface area contributed by atoms with Crippen molar-refractivity contribution in [3.05, 3.63) is 106 Å². The summed E-state index contributed by atoms with van der Waals surface area (Å²) in [4.78, 5) is 24.3. The fraction of sp³-hybridized carbons (Fsp3) is 0.233. The zero-order chi connectivity index (χ0) is 24.7. The van der Waals surface area contributed by atoms with E-state index < -0.39 is 0 Å². The Morgan fingerprint density at radius 3 is 2.58 bits per heavy atom. The van der Waals surface area contributed by atoms with Gasteiger partial charge in [0.15, 0.2) is 0 Å². The van der Waals surface area contributed by atoms with Crippen LogP contribution in [0.5, 0.6) is 0 Å². The Morgan fingerprint density at radius 1 is 1.06 bits per heavy atom. The van der Waals surface area contributed by atoms with E-state index in [-0.39, 0.29) is 5.91 Å². The number of thiazole rings is 1. The number of rotatable bonds is 7. The van der Waals surface area contributed by atoms with Gasteiger partial charge in [0.05, 0.1) is 5.01 Å². The molecule has 36 heavy (non-hydrogen) atoms. The van der Waals surface area contributed by atoms with Gasteiger partial charge in [-0.2, -0.15) is 0 Å². The monoisotopic (exact) mass is 494 g/mol. The SMILES string of the molecule is Cc1ccc(-c2ccccc2NC(=O)c2csc(C3CCN(C/C=C\c4ccncc4)CC3)n2)cc1. The van der Waals surface area contributed by atoms with E-state index in [0.717, 1.165) is 54.3 Å². The van der Waals surface area contributed by atoms with Gasteiger partial charge >= 0.3 is 0 Å². The number of likely N-dealkylation sites (tertiary alicyclic amines) is 1. The van der Waals surface area contributed by atoms with Crippen LogP contribution < -0.4 is 5.32 Å². The van der Waals surface area contributed by atoms with Gasteiger partial charge in [0.1, 0.15) is 5.69 Å². The first kappa shape index (κ1) is 24.1. The van der Waals surface area contributed by atoms with Crippen molar-refractivity contribution in [1.82, 2.24) is 14.9 Å². The molecule has 1 fully saturated rings. The summed E-state index contributed by atoms with van der Waals surface area (Å²) in [5, 5.41) is 6.05. The Morgan fingerprint density at radius 2 is 1.81 bits per heavy atom. The minimum atomic E-state index is -0.157. The van der Waals surface area contributed by atoms with E-state index in [1.165, 1.54) is 11.1 Å². The van der Waals surface area contributed by atoms with Crippen LogP contribution in [0.3, 0.4) is 0 Å². The summed E-state index contributed by atoms with van der Waals surface area (Å²) >= 11 is 1.60. The first-order valence-corrected chi connectivity index (χ1v) is 13.3. The highest BCUT2D eigenvalue weighted by Crippen LogP contribution is 2.32. The van der Waals surface area contributed by atoms with Crippen molar-refractivity contribution in [2.45, 2.75) is 25.7 Å². The fourth-order valence-corrected chi connectivity index (χ4v) is 5.49. The maximum absolute atomic E-state index is 13.0. The third-order valence-corrected chi connectivity index (χ3v) is 7.62. The molecular weight excluding hydrogens is 464 g/mol. The number of hydrogen-bond acceptors (Lipinski definition) is 5. The van der Waals surface area contributed by atoms with Crippen molar-refractivity contribution >= 4 is 29.0 Å². The summed E-state index contributed by atoms with van der Waals surface area (Å²) in [6.45, 7) is 5.09. The van der Waals surface area contributed by atoms with Crippen LogP contribution >= 0.6 is 11.3 Å². The number of carbonyl (C=O) groups is 1. The van der Waals surface area contributed by atoms with E-state index in [1.54, 1.807) is 11.3 Å². The molecule has 2 aromatic heterocycles. The molecule has 5 rings (SSSR count). The lowest BCUT2D eigenvalue weighted by atomic mass is 9.97. The number of aryl methyl sites for hydroxylation is 1. The summed E-state index contributed by atoms with van der Waals surface area (Å²) < 4.78 is 0. The summed E-state index contributed by atoms with van der Waals surface area (Å²) in [6, 6.07) is 20.3. The van der Waals surface area contributed by atoms with Gasteiger partial charge in [0, 0.05) is 41.5 Å². The van der Waals surface area contributed by atoms with Crippen LogP contribution in [0.1, 0.15) is 45.4 Å². The van der Waals surface area contributed by atoms with Gasteiger partial charge in [0.2, 0.25) is 0 Å². The number of carbonyl (C=O) groups excluding carboxylic acids is 1. The first-order chi connectivity index (χ1) is 17.7. The number of hydrogen-bond donors (Lipinski definition) is 1. The predicted molar refractivity (Wildman–Crippen MR) is 148 cm³/mol. The molecule has 6 heteroatoms. The molecule has 5 nitrogen and oxygen atoms in total. The Hall–Kier alpha value is -3.61. The van der Waals surface area contributed by atoms with Crippen molar-refractivity contribution in [1.29, 1.82) is 0 Å². The molecule has 0 bridgehead atoms. The number of nitrogens with one attached hydrogen (secondary N) is 1. The molecule has 0 spiro atoms. The van der Waals surface area contributed by atoms with Crippen molar-refractivity contribution in [3.8, 4) is 11.1 Å². The quantitative estimate of drug-likeness (QED) is 0.312. The summed E-state index contributed by atoms with van der Waals surface area (Å²) in [7, 11) is 0. The molecule has 2 aromatic carbocycles. The molecule has 0 radical (unpaired) electrons. The average Bonchev–Trinajstić information content (AvgIpc) is 3.41.